The Bertz CT molecular complexity index is 711. The van der Waals surface area contributed by atoms with Gasteiger partial charge in [-0.05, 0) is 36.5 Å². The largest absolute Gasteiger partial charge is 0.326 e. The summed E-state index contributed by atoms with van der Waals surface area (Å²) in [6, 6.07) is 16.8. The van der Waals surface area contributed by atoms with Crippen LogP contribution in [-0.2, 0) is 11.2 Å². The highest BCUT2D eigenvalue weighted by Crippen LogP contribution is 2.35. The molecular weight excluding hydrogens is 258 g/mol. The van der Waals surface area contributed by atoms with E-state index in [0.29, 0.717) is 0 Å². The maximum atomic E-state index is 11.6. The molecule has 0 fully saturated rings. The topological polar surface area (TPSA) is 29.1 Å². The molecule has 0 saturated heterocycles. The van der Waals surface area contributed by atoms with E-state index in [-0.39, 0.29) is 5.91 Å². The highest BCUT2D eigenvalue weighted by Gasteiger charge is 2.20. The first kappa shape index (κ1) is 13.6. The van der Waals surface area contributed by atoms with Gasteiger partial charge in [0.1, 0.15) is 0 Å². The maximum Gasteiger partial charge on any atom is 0.221 e. The fraction of sp³-hybridized carbons (Fsp3) is 0.211. The predicted octanol–water partition coefficient (Wildman–Crippen LogP) is 3.95. The number of allylic oxidation sites excluding steroid dienone is 1. The van der Waals surface area contributed by atoms with E-state index in [1.165, 1.54) is 22.3 Å². The highest BCUT2D eigenvalue weighted by atomic mass is 16.1. The van der Waals surface area contributed by atoms with E-state index in [9.17, 15) is 4.79 Å². The molecule has 0 bridgehead atoms. The first-order chi connectivity index (χ1) is 10.1. The van der Waals surface area contributed by atoms with Gasteiger partial charge in [0.05, 0.1) is 5.70 Å². The lowest BCUT2D eigenvalue weighted by atomic mass is 9.86. The molecule has 1 aliphatic carbocycles. The van der Waals surface area contributed by atoms with E-state index >= 15 is 0 Å². The Labute approximate surface area is 125 Å². The summed E-state index contributed by atoms with van der Waals surface area (Å²) in [5, 5.41) is 3.04. The van der Waals surface area contributed by atoms with Gasteiger partial charge in [0, 0.05) is 12.5 Å². The molecule has 21 heavy (non-hydrogen) atoms. The van der Waals surface area contributed by atoms with Crippen molar-refractivity contribution in [1.29, 1.82) is 0 Å². The summed E-state index contributed by atoms with van der Waals surface area (Å²) < 4.78 is 0. The van der Waals surface area contributed by atoms with Crippen molar-refractivity contribution in [2.24, 2.45) is 0 Å². The predicted molar refractivity (Wildman–Crippen MR) is 86.6 cm³/mol. The number of carbonyl (C=O) groups is 1. The first-order valence-corrected chi connectivity index (χ1v) is 7.31. The van der Waals surface area contributed by atoms with Gasteiger partial charge in [-0.1, -0.05) is 54.1 Å². The van der Waals surface area contributed by atoms with Crippen LogP contribution >= 0.6 is 0 Å². The molecule has 0 aromatic heterocycles. The molecule has 0 atom stereocenters. The van der Waals surface area contributed by atoms with Crippen molar-refractivity contribution in [2.75, 3.05) is 0 Å². The van der Waals surface area contributed by atoms with Gasteiger partial charge in [0.25, 0.3) is 0 Å². The Morgan fingerprint density at radius 3 is 2.43 bits per heavy atom. The van der Waals surface area contributed by atoms with Crippen LogP contribution < -0.4 is 5.32 Å². The zero-order valence-corrected chi connectivity index (χ0v) is 12.4. The fourth-order valence-electron chi connectivity index (χ4n) is 2.89. The van der Waals surface area contributed by atoms with Crippen molar-refractivity contribution in [3.05, 3.63) is 70.8 Å². The summed E-state index contributed by atoms with van der Waals surface area (Å²) in [4.78, 5) is 11.6. The first-order valence-electron chi connectivity index (χ1n) is 7.31. The lowest BCUT2D eigenvalue weighted by Crippen LogP contribution is -2.22. The summed E-state index contributed by atoms with van der Waals surface area (Å²) in [5.74, 6) is -0.0219. The zero-order chi connectivity index (χ0) is 14.8. The molecule has 2 nitrogen and oxygen atoms in total. The molecule has 106 valence electrons. The van der Waals surface area contributed by atoms with Gasteiger partial charge >= 0.3 is 0 Å². The quantitative estimate of drug-likeness (QED) is 0.885. The summed E-state index contributed by atoms with van der Waals surface area (Å²) >= 11 is 0. The molecule has 0 aliphatic heterocycles. The van der Waals surface area contributed by atoms with Crippen LogP contribution in [0.15, 0.2) is 48.5 Å². The third-order valence-corrected chi connectivity index (χ3v) is 3.93. The molecule has 0 heterocycles. The van der Waals surface area contributed by atoms with E-state index in [4.69, 9.17) is 0 Å². The number of fused-ring (bicyclic) bond motifs is 1. The number of hydrogen-bond acceptors (Lipinski definition) is 1. The monoisotopic (exact) mass is 277 g/mol. The second-order valence-electron chi connectivity index (χ2n) is 5.56. The van der Waals surface area contributed by atoms with Gasteiger partial charge < -0.3 is 5.32 Å². The third kappa shape index (κ3) is 2.75. The molecular formula is C19H19NO. The summed E-state index contributed by atoms with van der Waals surface area (Å²) in [6.45, 7) is 3.65. The van der Waals surface area contributed by atoms with Crippen LogP contribution in [0.5, 0.6) is 0 Å². The van der Waals surface area contributed by atoms with Crippen LogP contribution in [0.1, 0.15) is 35.6 Å². The molecule has 2 aromatic rings. The van der Waals surface area contributed by atoms with Gasteiger partial charge in [-0.25, -0.2) is 0 Å². The number of benzene rings is 2. The molecule has 1 aliphatic rings. The normalized spacial score (nSPS) is 13.8. The molecule has 0 radical (unpaired) electrons. The molecule has 3 rings (SSSR count). The lowest BCUT2D eigenvalue weighted by molar-refractivity contribution is -0.117. The average molecular weight is 277 g/mol. The molecule has 0 saturated carbocycles. The van der Waals surface area contributed by atoms with Gasteiger partial charge in [0.2, 0.25) is 5.91 Å². The smallest absolute Gasteiger partial charge is 0.221 e. The van der Waals surface area contributed by atoms with Crippen molar-refractivity contribution >= 4 is 17.2 Å². The lowest BCUT2D eigenvalue weighted by Gasteiger charge is -2.24. The van der Waals surface area contributed by atoms with Crippen molar-refractivity contribution in [3.8, 4) is 0 Å². The number of nitrogens with one attached hydrogen (secondary N) is 1. The fourth-order valence-corrected chi connectivity index (χ4v) is 2.89. The van der Waals surface area contributed by atoms with Gasteiger partial charge in [-0.2, -0.15) is 0 Å². The van der Waals surface area contributed by atoms with Gasteiger partial charge in [-0.15, -0.1) is 0 Å². The molecule has 1 N–H and O–H groups in total. The zero-order valence-electron chi connectivity index (χ0n) is 12.4. The number of amides is 1. The number of hydrogen-bond donors (Lipinski definition) is 1. The number of rotatable bonds is 2. The van der Waals surface area contributed by atoms with Crippen LogP contribution in [0.4, 0.5) is 0 Å². The Morgan fingerprint density at radius 2 is 1.71 bits per heavy atom. The minimum absolute atomic E-state index is 0.0219. The van der Waals surface area contributed by atoms with E-state index < -0.39 is 0 Å². The molecule has 0 spiro atoms. The van der Waals surface area contributed by atoms with Gasteiger partial charge in [-0.3, -0.25) is 4.79 Å². The van der Waals surface area contributed by atoms with E-state index in [2.05, 4.69) is 54.7 Å². The van der Waals surface area contributed by atoms with Crippen molar-refractivity contribution < 1.29 is 4.79 Å². The van der Waals surface area contributed by atoms with E-state index in [1.54, 1.807) is 6.92 Å². The molecule has 1 amide bonds. The maximum absolute atomic E-state index is 11.6. The van der Waals surface area contributed by atoms with Gasteiger partial charge in [0.15, 0.2) is 0 Å². The standard InChI is InChI=1S/C19H19NO/c1-13-7-9-16(10-8-13)18-12-11-15-5-3-4-6-17(15)19(18)20-14(2)21/h3-10H,11-12H2,1-2H3,(H,20,21). The molecule has 2 aromatic carbocycles. The second kappa shape index (κ2) is 5.57. The van der Waals surface area contributed by atoms with Crippen molar-refractivity contribution in [3.63, 3.8) is 0 Å². The van der Waals surface area contributed by atoms with Crippen LogP contribution in [0.25, 0.3) is 11.3 Å². The van der Waals surface area contributed by atoms with E-state index in [0.717, 1.165) is 24.1 Å². The Kier molecular flexibility index (Phi) is 3.61. The van der Waals surface area contributed by atoms with Crippen molar-refractivity contribution in [1.82, 2.24) is 5.32 Å². The average Bonchev–Trinajstić information content (AvgIpc) is 2.48. The SMILES string of the molecule is CC(=O)NC1=C(c2ccc(C)cc2)CCc2ccccc21. The second-order valence-corrected chi connectivity index (χ2v) is 5.56. The third-order valence-electron chi connectivity index (χ3n) is 3.93. The Morgan fingerprint density at radius 1 is 1.00 bits per heavy atom. The molecule has 2 heteroatoms. The van der Waals surface area contributed by atoms with Crippen molar-refractivity contribution in [2.45, 2.75) is 26.7 Å². The molecule has 0 unspecified atom stereocenters. The summed E-state index contributed by atoms with van der Waals surface area (Å²) in [7, 11) is 0. The number of carbonyl (C=O) groups excluding carboxylic acids is 1. The summed E-state index contributed by atoms with van der Waals surface area (Å²) in [6.07, 6.45) is 1.97. The van der Waals surface area contributed by atoms with Crippen LogP contribution in [0.3, 0.4) is 0 Å². The minimum Gasteiger partial charge on any atom is -0.326 e. The Balaban J connectivity index is 2.15. The van der Waals surface area contributed by atoms with Crippen LogP contribution in [-0.4, -0.2) is 5.91 Å². The van der Waals surface area contributed by atoms with Crippen LogP contribution in [0, 0.1) is 6.92 Å². The summed E-state index contributed by atoms with van der Waals surface area (Å²) in [5.41, 5.74) is 7.08. The van der Waals surface area contributed by atoms with Crippen LogP contribution in [0.2, 0.25) is 0 Å². The Hall–Kier alpha value is -2.35. The van der Waals surface area contributed by atoms with E-state index in [1.807, 2.05) is 6.07 Å². The minimum atomic E-state index is -0.0219. The number of aryl methyl sites for hydroxylation is 2. The highest BCUT2D eigenvalue weighted by molar-refractivity contribution is 5.98.